The van der Waals surface area contributed by atoms with E-state index in [2.05, 4.69) is 18.7 Å². The molecule has 2 atom stereocenters. The van der Waals surface area contributed by atoms with Crippen LogP contribution in [-0.2, 0) is 9.47 Å². The molecule has 0 aromatic heterocycles. The average Bonchev–Trinajstić information content (AvgIpc) is 2.44. The second-order valence-electron chi connectivity index (χ2n) is 5.53. The average molecular weight is 348 g/mol. The van der Waals surface area contributed by atoms with E-state index in [9.17, 15) is 0 Å². The molecule has 0 saturated carbocycles. The number of benzene rings is 1. The molecule has 2 rings (SSSR count). The van der Waals surface area contributed by atoms with Gasteiger partial charge in [-0.3, -0.25) is 4.90 Å². The third kappa shape index (κ3) is 5.60. The second kappa shape index (κ2) is 8.94. The summed E-state index contributed by atoms with van der Waals surface area (Å²) in [5, 5.41) is 1.03. The Morgan fingerprint density at radius 2 is 1.73 bits per heavy atom. The van der Waals surface area contributed by atoms with Crippen LogP contribution in [0, 0.1) is 0 Å². The Balaban J connectivity index is 1.60. The number of morpholine rings is 1. The minimum atomic E-state index is 0.287. The predicted octanol–water partition coefficient (Wildman–Crippen LogP) is 3.50. The Labute approximate surface area is 142 Å². The lowest BCUT2D eigenvalue weighted by Gasteiger charge is -2.35. The van der Waals surface area contributed by atoms with Crippen molar-refractivity contribution in [1.29, 1.82) is 0 Å². The number of nitrogens with zero attached hydrogens (tertiary/aromatic N) is 1. The molecule has 1 aromatic rings. The van der Waals surface area contributed by atoms with Gasteiger partial charge in [0.2, 0.25) is 0 Å². The Morgan fingerprint density at radius 1 is 1.09 bits per heavy atom. The number of para-hydroxylation sites is 1. The summed E-state index contributed by atoms with van der Waals surface area (Å²) in [6.07, 6.45) is 0.573. The van der Waals surface area contributed by atoms with Crippen LogP contribution in [0.15, 0.2) is 18.2 Å². The molecule has 1 fully saturated rings. The van der Waals surface area contributed by atoms with E-state index < -0.39 is 0 Å². The monoisotopic (exact) mass is 347 g/mol. The van der Waals surface area contributed by atoms with Crippen molar-refractivity contribution in [1.82, 2.24) is 4.90 Å². The summed E-state index contributed by atoms with van der Waals surface area (Å²) in [4.78, 5) is 2.37. The van der Waals surface area contributed by atoms with Crippen molar-refractivity contribution in [2.75, 3.05) is 39.5 Å². The van der Waals surface area contributed by atoms with Crippen molar-refractivity contribution in [3.8, 4) is 5.75 Å². The molecule has 0 unspecified atom stereocenters. The first-order chi connectivity index (χ1) is 10.6. The number of halogens is 2. The van der Waals surface area contributed by atoms with Gasteiger partial charge in [-0.1, -0.05) is 29.3 Å². The summed E-state index contributed by atoms with van der Waals surface area (Å²) in [6, 6.07) is 5.30. The van der Waals surface area contributed by atoms with Crippen LogP contribution in [0.2, 0.25) is 10.0 Å². The lowest BCUT2D eigenvalue weighted by Crippen LogP contribution is -2.46. The van der Waals surface area contributed by atoms with Crippen LogP contribution in [0.4, 0.5) is 0 Å². The van der Waals surface area contributed by atoms with Crippen LogP contribution >= 0.6 is 23.2 Å². The molecule has 0 amide bonds. The molecule has 0 aliphatic carbocycles. The van der Waals surface area contributed by atoms with Gasteiger partial charge in [0.05, 0.1) is 35.5 Å². The first kappa shape index (κ1) is 17.8. The first-order valence-electron chi connectivity index (χ1n) is 7.58. The van der Waals surface area contributed by atoms with E-state index in [-0.39, 0.29) is 12.2 Å². The van der Waals surface area contributed by atoms with Crippen molar-refractivity contribution in [2.24, 2.45) is 0 Å². The maximum atomic E-state index is 6.03. The van der Waals surface area contributed by atoms with Gasteiger partial charge in [-0.2, -0.15) is 0 Å². The molecule has 1 aliphatic heterocycles. The minimum Gasteiger partial charge on any atom is -0.488 e. The molecule has 4 nitrogen and oxygen atoms in total. The summed E-state index contributed by atoms with van der Waals surface area (Å²) < 4.78 is 16.9. The Morgan fingerprint density at radius 3 is 2.36 bits per heavy atom. The lowest BCUT2D eigenvalue weighted by molar-refractivity contribution is -0.0734. The zero-order chi connectivity index (χ0) is 15.9. The number of ether oxygens (including phenoxy) is 3. The lowest BCUT2D eigenvalue weighted by atomic mass is 10.2. The van der Waals surface area contributed by atoms with Crippen LogP contribution in [0.1, 0.15) is 13.8 Å². The molecule has 0 N–H and O–H groups in total. The van der Waals surface area contributed by atoms with Crippen molar-refractivity contribution >= 4 is 23.2 Å². The zero-order valence-electron chi connectivity index (χ0n) is 13.1. The molecule has 22 heavy (non-hydrogen) atoms. The molecule has 1 saturated heterocycles. The number of hydrogen-bond acceptors (Lipinski definition) is 4. The number of hydrogen-bond donors (Lipinski definition) is 0. The van der Waals surface area contributed by atoms with E-state index in [4.69, 9.17) is 37.4 Å². The van der Waals surface area contributed by atoms with Crippen LogP contribution in [0.25, 0.3) is 0 Å². The Kier molecular flexibility index (Phi) is 7.25. The van der Waals surface area contributed by atoms with Gasteiger partial charge in [-0.25, -0.2) is 0 Å². The molecule has 124 valence electrons. The highest BCUT2D eigenvalue weighted by atomic mass is 35.5. The molecule has 1 heterocycles. The largest absolute Gasteiger partial charge is 0.488 e. The summed E-state index contributed by atoms with van der Waals surface area (Å²) in [5.41, 5.74) is 0. The summed E-state index contributed by atoms with van der Waals surface area (Å²) in [6.45, 7) is 8.65. The van der Waals surface area contributed by atoms with Gasteiger partial charge in [-0.15, -0.1) is 0 Å². The summed E-state index contributed by atoms with van der Waals surface area (Å²) in [7, 11) is 0. The van der Waals surface area contributed by atoms with Crippen molar-refractivity contribution in [3.63, 3.8) is 0 Å². The maximum absolute atomic E-state index is 6.03. The fourth-order valence-electron chi connectivity index (χ4n) is 2.59. The van der Waals surface area contributed by atoms with Gasteiger partial charge in [0, 0.05) is 19.6 Å². The normalized spacial score (nSPS) is 22.7. The topological polar surface area (TPSA) is 30.9 Å². The van der Waals surface area contributed by atoms with Gasteiger partial charge in [0.25, 0.3) is 0 Å². The highest BCUT2D eigenvalue weighted by Gasteiger charge is 2.21. The third-order valence-electron chi connectivity index (χ3n) is 3.44. The van der Waals surface area contributed by atoms with Crippen molar-refractivity contribution < 1.29 is 14.2 Å². The van der Waals surface area contributed by atoms with Crippen LogP contribution in [-0.4, -0.2) is 56.6 Å². The smallest absolute Gasteiger partial charge is 0.156 e. The molecule has 0 spiro atoms. The summed E-state index contributed by atoms with van der Waals surface area (Å²) >= 11 is 12.1. The van der Waals surface area contributed by atoms with Crippen LogP contribution in [0.3, 0.4) is 0 Å². The van der Waals surface area contributed by atoms with Gasteiger partial charge in [0.1, 0.15) is 6.61 Å². The SMILES string of the molecule is C[C@H]1CN(CCOCCOc2c(Cl)cccc2Cl)C[C@H](C)O1. The molecule has 0 bridgehead atoms. The zero-order valence-corrected chi connectivity index (χ0v) is 14.6. The van der Waals surface area contributed by atoms with E-state index in [1.807, 2.05) is 0 Å². The Hall–Kier alpha value is -0.520. The van der Waals surface area contributed by atoms with Gasteiger partial charge >= 0.3 is 0 Å². The summed E-state index contributed by atoms with van der Waals surface area (Å²) in [5.74, 6) is 0.519. The maximum Gasteiger partial charge on any atom is 0.156 e. The van der Waals surface area contributed by atoms with Crippen molar-refractivity contribution in [2.45, 2.75) is 26.1 Å². The molecule has 1 aromatic carbocycles. The van der Waals surface area contributed by atoms with Gasteiger partial charge in [0.15, 0.2) is 5.75 Å². The first-order valence-corrected chi connectivity index (χ1v) is 8.34. The Bertz CT molecular complexity index is 442. The van der Waals surface area contributed by atoms with Gasteiger partial charge in [-0.05, 0) is 26.0 Å². The molecule has 6 heteroatoms. The molecule has 0 radical (unpaired) electrons. The van der Waals surface area contributed by atoms with Crippen molar-refractivity contribution in [3.05, 3.63) is 28.2 Å². The quantitative estimate of drug-likeness (QED) is 0.706. The van der Waals surface area contributed by atoms with E-state index in [1.165, 1.54) is 0 Å². The highest BCUT2D eigenvalue weighted by Crippen LogP contribution is 2.32. The van der Waals surface area contributed by atoms with E-state index in [0.29, 0.717) is 35.6 Å². The minimum absolute atomic E-state index is 0.287. The van der Waals surface area contributed by atoms with E-state index in [1.54, 1.807) is 18.2 Å². The van der Waals surface area contributed by atoms with Crippen LogP contribution in [0.5, 0.6) is 5.75 Å². The fraction of sp³-hybridized carbons (Fsp3) is 0.625. The molecular weight excluding hydrogens is 325 g/mol. The second-order valence-corrected chi connectivity index (χ2v) is 6.34. The molecular formula is C16H23Cl2NO3. The molecule has 1 aliphatic rings. The predicted molar refractivity (Wildman–Crippen MR) is 89.2 cm³/mol. The van der Waals surface area contributed by atoms with E-state index in [0.717, 1.165) is 19.6 Å². The fourth-order valence-corrected chi connectivity index (χ4v) is 3.09. The van der Waals surface area contributed by atoms with Crippen LogP contribution < -0.4 is 4.74 Å². The number of rotatable bonds is 7. The van der Waals surface area contributed by atoms with E-state index >= 15 is 0 Å². The standard InChI is InChI=1S/C16H23Cl2NO3/c1-12-10-19(11-13(2)22-12)6-7-20-8-9-21-16-14(17)4-3-5-15(16)18/h3-5,12-13H,6-11H2,1-2H3/t12-,13-/m0/s1. The van der Waals surface area contributed by atoms with Gasteiger partial charge < -0.3 is 14.2 Å². The third-order valence-corrected chi connectivity index (χ3v) is 4.04. The highest BCUT2D eigenvalue weighted by molar-refractivity contribution is 6.37.